The number of hydrogen-bond acceptors (Lipinski definition) is 5. The standard InChI is InChI=1S/C17H10F4N4OS/c18-11-3-1-9(7-22)5-13(11)24-15(26)8-23-16-25-12-4-2-10(17(19,20)21)6-14(12)27-16/h1-6H,8H2,(H,23,25)(H,24,26). The van der Waals surface area contributed by atoms with E-state index in [1.165, 1.54) is 18.2 Å². The van der Waals surface area contributed by atoms with Crippen LogP contribution in [0.25, 0.3) is 10.2 Å². The molecule has 1 heterocycles. The summed E-state index contributed by atoms with van der Waals surface area (Å²) in [4.78, 5) is 16.0. The molecule has 1 amide bonds. The Bertz CT molecular complexity index is 1060. The van der Waals surface area contributed by atoms with Gasteiger partial charge in [-0.1, -0.05) is 11.3 Å². The second kappa shape index (κ2) is 7.20. The van der Waals surface area contributed by atoms with Gasteiger partial charge >= 0.3 is 6.18 Å². The first kappa shape index (κ1) is 18.6. The van der Waals surface area contributed by atoms with Gasteiger partial charge in [0.1, 0.15) is 5.82 Å². The molecule has 3 rings (SSSR count). The van der Waals surface area contributed by atoms with Crippen LogP contribution in [0.3, 0.4) is 0 Å². The van der Waals surface area contributed by atoms with Crippen molar-refractivity contribution in [3.63, 3.8) is 0 Å². The van der Waals surface area contributed by atoms with Crippen LogP contribution in [0.2, 0.25) is 0 Å². The number of aromatic nitrogens is 1. The summed E-state index contributed by atoms with van der Waals surface area (Å²) >= 11 is 0.966. The van der Waals surface area contributed by atoms with Gasteiger partial charge in [0.25, 0.3) is 0 Å². The van der Waals surface area contributed by atoms with Crippen LogP contribution in [0, 0.1) is 17.1 Å². The minimum atomic E-state index is -4.45. The van der Waals surface area contributed by atoms with Gasteiger partial charge in [0, 0.05) is 0 Å². The number of anilines is 2. The maximum absolute atomic E-state index is 13.7. The second-order valence-corrected chi connectivity index (χ2v) is 6.44. The monoisotopic (exact) mass is 394 g/mol. The largest absolute Gasteiger partial charge is 0.416 e. The molecule has 0 spiro atoms. The molecule has 138 valence electrons. The minimum absolute atomic E-state index is 0.139. The third kappa shape index (κ3) is 4.32. The molecule has 0 saturated carbocycles. The normalized spacial score (nSPS) is 11.2. The maximum atomic E-state index is 13.7. The molecule has 5 nitrogen and oxygen atoms in total. The van der Waals surface area contributed by atoms with Gasteiger partial charge < -0.3 is 10.6 Å². The molecule has 0 atom stereocenters. The number of nitrogens with zero attached hydrogens (tertiary/aromatic N) is 2. The van der Waals surface area contributed by atoms with Crippen molar-refractivity contribution < 1.29 is 22.4 Å². The molecule has 0 aliphatic heterocycles. The zero-order chi connectivity index (χ0) is 19.6. The summed E-state index contributed by atoms with van der Waals surface area (Å²) in [6.45, 7) is -0.276. The fraction of sp³-hybridized carbons (Fsp3) is 0.118. The van der Waals surface area contributed by atoms with E-state index in [1.54, 1.807) is 0 Å². The van der Waals surface area contributed by atoms with Crippen molar-refractivity contribution in [2.75, 3.05) is 17.2 Å². The number of carbonyl (C=O) groups excluding carboxylic acids is 1. The van der Waals surface area contributed by atoms with Crippen LogP contribution in [0.15, 0.2) is 36.4 Å². The minimum Gasteiger partial charge on any atom is -0.352 e. The number of thiazole rings is 1. The van der Waals surface area contributed by atoms with E-state index < -0.39 is 23.5 Å². The van der Waals surface area contributed by atoms with Crippen molar-refractivity contribution in [1.29, 1.82) is 5.26 Å². The van der Waals surface area contributed by atoms with Gasteiger partial charge in [-0.15, -0.1) is 0 Å². The van der Waals surface area contributed by atoms with Gasteiger partial charge in [0.15, 0.2) is 5.13 Å². The molecular formula is C17H10F4N4OS. The second-order valence-electron chi connectivity index (χ2n) is 5.41. The maximum Gasteiger partial charge on any atom is 0.416 e. The van der Waals surface area contributed by atoms with E-state index in [4.69, 9.17) is 5.26 Å². The molecule has 0 unspecified atom stereocenters. The third-order valence-corrected chi connectivity index (χ3v) is 4.46. The molecule has 2 aromatic carbocycles. The average Bonchev–Trinajstić information content (AvgIpc) is 3.03. The highest BCUT2D eigenvalue weighted by molar-refractivity contribution is 7.22. The first-order valence-electron chi connectivity index (χ1n) is 7.47. The Morgan fingerprint density at radius 2 is 2.00 bits per heavy atom. The average molecular weight is 394 g/mol. The molecule has 3 aromatic rings. The van der Waals surface area contributed by atoms with Crippen LogP contribution >= 0.6 is 11.3 Å². The molecule has 27 heavy (non-hydrogen) atoms. The smallest absolute Gasteiger partial charge is 0.352 e. The van der Waals surface area contributed by atoms with Crippen LogP contribution in [0.1, 0.15) is 11.1 Å². The fourth-order valence-electron chi connectivity index (χ4n) is 2.22. The van der Waals surface area contributed by atoms with E-state index in [9.17, 15) is 22.4 Å². The third-order valence-electron chi connectivity index (χ3n) is 3.49. The summed E-state index contributed by atoms with van der Waals surface area (Å²) in [7, 11) is 0. The Hall–Kier alpha value is -3.19. The van der Waals surface area contributed by atoms with Gasteiger partial charge in [0.2, 0.25) is 5.91 Å². The van der Waals surface area contributed by atoms with Crippen molar-refractivity contribution in [2.24, 2.45) is 0 Å². The lowest BCUT2D eigenvalue weighted by atomic mass is 10.2. The van der Waals surface area contributed by atoms with Crippen LogP contribution < -0.4 is 10.6 Å². The predicted molar refractivity (Wildman–Crippen MR) is 92.9 cm³/mol. The van der Waals surface area contributed by atoms with E-state index in [2.05, 4.69) is 15.6 Å². The number of nitrogens with one attached hydrogen (secondary N) is 2. The molecule has 0 aliphatic rings. The molecule has 10 heteroatoms. The van der Waals surface area contributed by atoms with Crippen LogP contribution in [0.4, 0.5) is 28.4 Å². The quantitative estimate of drug-likeness (QED) is 0.644. The number of fused-ring (bicyclic) bond motifs is 1. The summed E-state index contributed by atoms with van der Waals surface area (Å²) in [5, 5.41) is 14.1. The van der Waals surface area contributed by atoms with Crippen LogP contribution in [-0.2, 0) is 11.0 Å². The highest BCUT2D eigenvalue weighted by Gasteiger charge is 2.30. The van der Waals surface area contributed by atoms with Crippen LogP contribution in [-0.4, -0.2) is 17.4 Å². The van der Waals surface area contributed by atoms with Gasteiger partial charge in [-0.2, -0.15) is 18.4 Å². The van der Waals surface area contributed by atoms with Gasteiger partial charge in [0.05, 0.1) is 39.6 Å². The van der Waals surface area contributed by atoms with Gasteiger partial charge in [-0.3, -0.25) is 4.79 Å². The number of alkyl halides is 3. The van der Waals surface area contributed by atoms with Crippen molar-refractivity contribution in [3.8, 4) is 6.07 Å². The Morgan fingerprint density at radius 1 is 1.22 bits per heavy atom. The molecular weight excluding hydrogens is 384 g/mol. The van der Waals surface area contributed by atoms with Crippen molar-refractivity contribution >= 4 is 38.3 Å². The summed E-state index contributed by atoms with van der Waals surface area (Å²) in [6.07, 6.45) is -4.45. The summed E-state index contributed by atoms with van der Waals surface area (Å²) in [6, 6.07) is 8.55. The number of benzene rings is 2. The number of carbonyl (C=O) groups is 1. The topological polar surface area (TPSA) is 77.8 Å². The number of amides is 1. The van der Waals surface area contributed by atoms with E-state index in [-0.39, 0.29) is 22.9 Å². The predicted octanol–water partition coefficient (Wildman–Crippen LogP) is 4.38. The Kier molecular flexibility index (Phi) is 4.96. The summed E-state index contributed by atoms with van der Waals surface area (Å²) in [5.41, 5.74) is -0.370. The lowest BCUT2D eigenvalue weighted by molar-refractivity contribution is -0.137. The number of hydrogen-bond donors (Lipinski definition) is 2. The number of nitriles is 1. The molecule has 0 saturated heterocycles. The lowest BCUT2D eigenvalue weighted by Crippen LogP contribution is -2.22. The first-order valence-corrected chi connectivity index (χ1v) is 8.29. The molecule has 0 bridgehead atoms. The molecule has 0 radical (unpaired) electrons. The highest BCUT2D eigenvalue weighted by atomic mass is 32.1. The lowest BCUT2D eigenvalue weighted by Gasteiger charge is -2.07. The van der Waals surface area contributed by atoms with Crippen molar-refractivity contribution in [1.82, 2.24) is 4.98 Å². The number of rotatable bonds is 4. The molecule has 0 aliphatic carbocycles. The molecule has 1 aromatic heterocycles. The Labute approximate surface area is 154 Å². The zero-order valence-corrected chi connectivity index (χ0v) is 14.2. The van der Waals surface area contributed by atoms with E-state index in [0.717, 1.165) is 29.5 Å². The van der Waals surface area contributed by atoms with Gasteiger partial charge in [-0.05, 0) is 36.4 Å². The van der Waals surface area contributed by atoms with E-state index in [0.29, 0.717) is 10.2 Å². The van der Waals surface area contributed by atoms with E-state index >= 15 is 0 Å². The number of halogens is 4. The van der Waals surface area contributed by atoms with Gasteiger partial charge in [-0.25, -0.2) is 9.37 Å². The van der Waals surface area contributed by atoms with Crippen molar-refractivity contribution in [2.45, 2.75) is 6.18 Å². The Morgan fingerprint density at radius 3 is 2.70 bits per heavy atom. The highest BCUT2D eigenvalue weighted by Crippen LogP contribution is 2.34. The van der Waals surface area contributed by atoms with Crippen molar-refractivity contribution in [3.05, 3.63) is 53.3 Å². The fourth-order valence-corrected chi connectivity index (χ4v) is 3.12. The SMILES string of the molecule is N#Cc1ccc(F)c(NC(=O)CNc2nc3ccc(C(F)(F)F)cc3s2)c1. The summed E-state index contributed by atoms with van der Waals surface area (Å²) < 4.78 is 52.2. The summed E-state index contributed by atoms with van der Waals surface area (Å²) in [5.74, 6) is -1.29. The van der Waals surface area contributed by atoms with Crippen LogP contribution in [0.5, 0.6) is 0 Å². The van der Waals surface area contributed by atoms with E-state index in [1.807, 2.05) is 6.07 Å². The molecule has 0 fully saturated rings. The first-order chi connectivity index (χ1) is 12.8. The molecule has 2 N–H and O–H groups in total. The zero-order valence-electron chi connectivity index (χ0n) is 13.4. The Balaban J connectivity index is 1.68.